The second-order valence-corrected chi connectivity index (χ2v) is 9.33. The molecule has 170 valence electrons. The highest BCUT2D eigenvalue weighted by Gasteiger charge is 2.48. The molecule has 0 radical (unpaired) electrons. The van der Waals surface area contributed by atoms with Crippen molar-refractivity contribution in [3.05, 3.63) is 114 Å². The van der Waals surface area contributed by atoms with Gasteiger partial charge in [-0.1, -0.05) is 91.0 Å². The minimum Gasteiger partial charge on any atom is -0.332 e. The molecule has 33 heavy (non-hydrogen) atoms. The van der Waals surface area contributed by atoms with Crippen molar-refractivity contribution in [3.8, 4) is 0 Å². The second-order valence-electron chi connectivity index (χ2n) is 9.33. The van der Waals surface area contributed by atoms with Gasteiger partial charge in [0.1, 0.15) is 0 Å². The van der Waals surface area contributed by atoms with Gasteiger partial charge in [-0.15, -0.1) is 0 Å². The van der Waals surface area contributed by atoms with E-state index in [0.717, 1.165) is 31.2 Å². The molecule has 1 saturated carbocycles. The summed E-state index contributed by atoms with van der Waals surface area (Å²) in [6, 6.07) is 31.4. The molecule has 4 rings (SSSR count). The molecule has 0 heterocycles. The van der Waals surface area contributed by atoms with Crippen LogP contribution in [0.2, 0.25) is 0 Å². The molecular weight excluding hydrogens is 404 g/mol. The maximum absolute atomic E-state index is 13.4. The second kappa shape index (κ2) is 9.76. The number of carbonyl (C=O) groups excluding carboxylic acids is 1. The Kier molecular flexibility index (Phi) is 6.80. The zero-order valence-electron chi connectivity index (χ0n) is 19.9. The molecule has 1 aliphatic carbocycles. The summed E-state index contributed by atoms with van der Waals surface area (Å²) in [5, 5.41) is 0. The SMILES string of the molecule is CN(C)C1(c2ccccc2)CCC(c2ccccc2)(N(C)C(=O)/C=C\c2ccccc2)CC1. The molecule has 0 unspecified atom stereocenters. The van der Waals surface area contributed by atoms with Crippen LogP contribution in [0.5, 0.6) is 0 Å². The monoisotopic (exact) mass is 438 g/mol. The van der Waals surface area contributed by atoms with Crippen LogP contribution in [-0.2, 0) is 15.9 Å². The van der Waals surface area contributed by atoms with Gasteiger partial charge in [0.2, 0.25) is 5.91 Å². The highest BCUT2D eigenvalue weighted by atomic mass is 16.2. The summed E-state index contributed by atoms with van der Waals surface area (Å²) >= 11 is 0. The van der Waals surface area contributed by atoms with Crippen molar-refractivity contribution in [2.75, 3.05) is 21.1 Å². The van der Waals surface area contributed by atoms with E-state index in [0.29, 0.717) is 0 Å². The van der Waals surface area contributed by atoms with Crippen LogP contribution < -0.4 is 0 Å². The highest BCUT2D eigenvalue weighted by molar-refractivity contribution is 5.92. The summed E-state index contributed by atoms with van der Waals surface area (Å²) in [5.74, 6) is 0.0415. The van der Waals surface area contributed by atoms with E-state index in [1.165, 1.54) is 11.1 Å². The van der Waals surface area contributed by atoms with Crippen LogP contribution in [0.1, 0.15) is 42.4 Å². The molecule has 3 aromatic carbocycles. The first kappa shape index (κ1) is 23.0. The van der Waals surface area contributed by atoms with Crippen LogP contribution in [0.4, 0.5) is 0 Å². The van der Waals surface area contributed by atoms with Gasteiger partial charge < -0.3 is 4.90 Å². The van der Waals surface area contributed by atoms with Crippen molar-refractivity contribution >= 4 is 12.0 Å². The van der Waals surface area contributed by atoms with Crippen LogP contribution in [0.25, 0.3) is 6.08 Å². The Bertz CT molecular complexity index is 1070. The van der Waals surface area contributed by atoms with Gasteiger partial charge >= 0.3 is 0 Å². The highest BCUT2D eigenvalue weighted by Crippen LogP contribution is 2.50. The first-order valence-electron chi connectivity index (χ1n) is 11.8. The normalized spacial score (nSPS) is 23.0. The third-order valence-electron chi connectivity index (χ3n) is 7.57. The van der Waals surface area contributed by atoms with E-state index < -0.39 is 0 Å². The maximum atomic E-state index is 13.4. The first-order valence-corrected chi connectivity index (χ1v) is 11.8. The predicted molar refractivity (Wildman–Crippen MR) is 137 cm³/mol. The fourth-order valence-electron chi connectivity index (χ4n) is 5.44. The van der Waals surface area contributed by atoms with Crippen LogP contribution >= 0.6 is 0 Å². The van der Waals surface area contributed by atoms with Gasteiger partial charge in [-0.3, -0.25) is 9.69 Å². The summed E-state index contributed by atoms with van der Waals surface area (Å²) in [5.41, 5.74) is 3.26. The Hall–Kier alpha value is -3.17. The number of amides is 1. The molecule has 3 aromatic rings. The molecule has 1 amide bonds. The molecule has 0 aromatic heterocycles. The fraction of sp³-hybridized carbons (Fsp3) is 0.300. The molecule has 0 atom stereocenters. The van der Waals surface area contributed by atoms with E-state index in [4.69, 9.17) is 0 Å². The summed E-state index contributed by atoms with van der Waals surface area (Å²) in [6.45, 7) is 0. The molecular formula is C30H34N2O. The summed E-state index contributed by atoms with van der Waals surface area (Å²) in [6.07, 6.45) is 7.41. The van der Waals surface area contributed by atoms with E-state index in [1.54, 1.807) is 6.08 Å². The lowest BCUT2D eigenvalue weighted by atomic mass is 9.66. The molecule has 0 spiro atoms. The van der Waals surface area contributed by atoms with Gasteiger partial charge in [0.05, 0.1) is 5.54 Å². The third-order valence-corrected chi connectivity index (χ3v) is 7.57. The van der Waals surface area contributed by atoms with E-state index in [-0.39, 0.29) is 17.0 Å². The number of rotatable bonds is 6. The summed E-state index contributed by atoms with van der Waals surface area (Å²) in [7, 11) is 6.33. The lowest BCUT2D eigenvalue weighted by Gasteiger charge is -2.53. The Balaban J connectivity index is 1.66. The molecule has 1 aliphatic rings. The molecule has 0 N–H and O–H groups in total. The van der Waals surface area contributed by atoms with Crippen molar-refractivity contribution in [2.45, 2.75) is 36.8 Å². The van der Waals surface area contributed by atoms with Gasteiger partial charge in [0.15, 0.2) is 0 Å². The third kappa shape index (κ3) is 4.51. The van der Waals surface area contributed by atoms with Crippen LogP contribution in [0, 0.1) is 0 Å². The standard InChI is InChI=1S/C30H34N2O/c1-31(2)29(26-15-9-5-10-16-26)21-23-30(24-22-29,27-17-11-6-12-18-27)32(3)28(33)20-19-25-13-7-4-8-14-25/h4-20H,21-24H2,1-3H3/b20-19-. The lowest BCUT2D eigenvalue weighted by molar-refractivity contribution is -0.133. The number of benzene rings is 3. The largest absolute Gasteiger partial charge is 0.332 e. The molecule has 0 saturated heterocycles. The fourth-order valence-corrected chi connectivity index (χ4v) is 5.44. The molecule has 3 nitrogen and oxygen atoms in total. The Morgan fingerprint density at radius 3 is 1.58 bits per heavy atom. The Morgan fingerprint density at radius 2 is 1.09 bits per heavy atom. The van der Waals surface area contributed by atoms with Crippen molar-refractivity contribution < 1.29 is 4.79 Å². The van der Waals surface area contributed by atoms with Crippen LogP contribution in [-0.4, -0.2) is 36.9 Å². The van der Waals surface area contributed by atoms with Crippen molar-refractivity contribution in [1.82, 2.24) is 9.80 Å². The lowest BCUT2D eigenvalue weighted by Crippen LogP contribution is -2.54. The van der Waals surface area contributed by atoms with E-state index in [1.807, 2.05) is 54.4 Å². The first-order chi connectivity index (χ1) is 16.0. The summed E-state index contributed by atoms with van der Waals surface area (Å²) < 4.78 is 0. The molecule has 0 aliphatic heterocycles. The van der Waals surface area contributed by atoms with Gasteiger partial charge in [-0.05, 0) is 62.5 Å². The Labute approximate surface area is 198 Å². The Morgan fingerprint density at radius 1 is 0.667 bits per heavy atom. The van der Waals surface area contributed by atoms with E-state index in [2.05, 4.69) is 73.6 Å². The predicted octanol–water partition coefficient (Wildman–Crippen LogP) is 6.08. The van der Waals surface area contributed by atoms with Gasteiger partial charge in [-0.25, -0.2) is 0 Å². The number of likely N-dealkylation sites (N-methyl/N-ethyl adjacent to an activating group) is 1. The van der Waals surface area contributed by atoms with Crippen molar-refractivity contribution in [3.63, 3.8) is 0 Å². The van der Waals surface area contributed by atoms with Gasteiger partial charge in [-0.2, -0.15) is 0 Å². The minimum atomic E-state index is -0.326. The number of nitrogens with zero attached hydrogens (tertiary/aromatic N) is 2. The van der Waals surface area contributed by atoms with Crippen molar-refractivity contribution in [2.24, 2.45) is 0 Å². The molecule has 3 heteroatoms. The quantitative estimate of drug-likeness (QED) is 0.435. The smallest absolute Gasteiger partial charge is 0.247 e. The summed E-state index contributed by atoms with van der Waals surface area (Å²) in [4.78, 5) is 17.7. The van der Waals surface area contributed by atoms with Crippen LogP contribution in [0.15, 0.2) is 97.1 Å². The van der Waals surface area contributed by atoms with Gasteiger partial charge in [0, 0.05) is 18.7 Å². The maximum Gasteiger partial charge on any atom is 0.247 e. The number of hydrogen-bond donors (Lipinski definition) is 0. The van der Waals surface area contributed by atoms with E-state index in [9.17, 15) is 4.79 Å². The van der Waals surface area contributed by atoms with E-state index >= 15 is 0 Å². The van der Waals surface area contributed by atoms with Crippen molar-refractivity contribution in [1.29, 1.82) is 0 Å². The molecule has 1 fully saturated rings. The van der Waals surface area contributed by atoms with Crippen LogP contribution in [0.3, 0.4) is 0 Å². The number of hydrogen-bond acceptors (Lipinski definition) is 2. The minimum absolute atomic E-state index is 0.0245. The average molecular weight is 439 g/mol. The average Bonchev–Trinajstić information content (AvgIpc) is 2.88. The van der Waals surface area contributed by atoms with Gasteiger partial charge in [0.25, 0.3) is 0 Å². The zero-order valence-corrected chi connectivity index (χ0v) is 19.9. The molecule has 0 bridgehead atoms. The zero-order chi connectivity index (χ0) is 23.3. The topological polar surface area (TPSA) is 23.6 Å². The number of carbonyl (C=O) groups is 1.